The van der Waals surface area contributed by atoms with Crippen LogP contribution in [0.5, 0.6) is 0 Å². The first kappa shape index (κ1) is 34.9. The van der Waals surface area contributed by atoms with Gasteiger partial charge in [-0.25, -0.2) is 28.7 Å². The molecule has 0 aromatic heterocycles. The van der Waals surface area contributed by atoms with Crippen LogP contribution in [-0.2, 0) is 33.8 Å². The Balaban J connectivity index is 1.04. The summed E-state index contributed by atoms with van der Waals surface area (Å²) in [5, 5.41) is 2.86. The monoisotopic (exact) mass is 711 g/mol. The van der Waals surface area contributed by atoms with Gasteiger partial charge in [-0.2, -0.15) is 0 Å². The van der Waals surface area contributed by atoms with Crippen LogP contribution in [0.1, 0.15) is 112 Å². The van der Waals surface area contributed by atoms with E-state index in [4.69, 9.17) is 33.8 Å². The standard InChI is InChI=1S/C41H58FNO8/c1-22-7-13-30-24(3)32(45-34-20-38(5)17-15-28(22)40(30,34)50-48-38)19-33(46-37(44)43-27-11-9-26(42)10-12-27)36-25(4)31-14-8-23(2)29-16-18-39(6)21-35(47-36)41(29,31)51-49-39/h9-12,22-25,28-36H,7-8,13-21H2,1-6H3,(H,43,44)/t22-,23-,24-,25-,28+,29+,30+,31+,32-,33+,34-,35-,36?,38+,39+,40-,41-/m1/s1. The van der Waals surface area contributed by atoms with Crippen molar-refractivity contribution in [2.24, 2.45) is 47.3 Å². The summed E-state index contributed by atoms with van der Waals surface area (Å²) in [6.07, 6.45) is 8.54. The van der Waals surface area contributed by atoms with Gasteiger partial charge in [0.15, 0.2) is 0 Å². The van der Waals surface area contributed by atoms with Gasteiger partial charge in [-0.15, -0.1) is 0 Å². The van der Waals surface area contributed by atoms with Crippen LogP contribution in [0.25, 0.3) is 0 Å². The number of benzene rings is 1. The second-order valence-electron chi connectivity index (χ2n) is 18.7. The number of anilines is 1. The van der Waals surface area contributed by atoms with Crippen molar-refractivity contribution in [3.63, 3.8) is 0 Å². The van der Waals surface area contributed by atoms with Gasteiger partial charge in [0, 0.05) is 24.9 Å². The Hall–Kier alpha value is -1.82. The summed E-state index contributed by atoms with van der Waals surface area (Å²) in [7, 11) is 0. The smallest absolute Gasteiger partial charge is 0.411 e. The molecular weight excluding hydrogens is 653 g/mol. The van der Waals surface area contributed by atoms with Gasteiger partial charge in [0.25, 0.3) is 0 Å². The minimum absolute atomic E-state index is 0.0422. The number of rotatable bonds is 5. The molecule has 10 aliphatic rings. The second kappa shape index (κ2) is 12.4. The number of amides is 1. The first-order valence-corrected chi connectivity index (χ1v) is 20.1. The number of fused-ring (bicyclic) bond motifs is 4. The highest BCUT2D eigenvalue weighted by Crippen LogP contribution is 2.64. The maximum Gasteiger partial charge on any atom is 0.411 e. The fraction of sp³-hybridized carbons (Fsp3) is 0.829. The Bertz CT molecular complexity index is 1500. The van der Waals surface area contributed by atoms with Crippen LogP contribution in [-0.4, -0.2) is 59.0 Å². The first-order valence-electron chi connectivity index (χ1n) is 20.1. The van der Waals surface area contributed by atoms with E-state index in [9.17, 15) is 9.18 Å². The molecular formula is C41H58FNO8. The quantitative estimate of drug-likeness (QED) is 0.304. The molecule has 4 aliphatic carbocycles. The molecule has 1 aromatic rings. The molecule has 11 rings (SSSR count). The fourth-order valence-electron chi connectivity index (χ4n) is 13.0. The summed E-state index contributed by atoms with van der Waals surface area (Å²) in [6.45, 7) is 13.6. The zero-order valence-corrected chi connectivity index (χ0v) is 31.2. The Labute approximate surface area is 302 Å². The Kier molecular flexibility index (Phi) is 8.46. The predicted octanol–water partition coefficient (Wildman–Crippen LogP) is 8.55. The van der Waals surface area contributed by atoms with Gasteiger partial charge in [0.2, 0.25) is 0 Å². The highest BCUT2D eigenvalue weighted by Gasteiger charge is 2.70. The molecule has 1 N–H and O–H groups in total. The third-order valence-corrected chi connectivity index (χ3v) is 15.8. The van der Waals surface area contributed by atoms with Crippen molar-refractivity contribution in [1.82, 2.24) is 0 Å². The minimum atomic E-state index is -0.582. The maximum absolute atomic E-state index is 13.8. The zero-order valence-electron chi connectivity index (χ0n) is 31.2. The Morgan fingerprint density at radius 3 is 1.90 bits per heavy atom. The number of carbonyl (C=O) groups is 1. The predicted molar refractivity (Wildman–Crippen MR) is 186 cm³/mol. The maximum atomic E-state index is 13.8. The lowest BCUT2D eigenvalue weighted by Gasteiger charge is -2.62. The normalized spacial score (nSPS) is 51.7. The Morgan fingerprint density at radius 2 is 1.31 bits per heavy atom. The fourth-order valence-corrected chi connectivity index (χ4v) is 13.0. The van der Waals surface area contributed by atoms with Crippen molar-refractivity contribution < 1.29 is 42.9 Å². The largest absolute Gasteiger partial charge is 0.443 e. The lowest BCUT2D eigenvalue weighted by molar-refractivity contribution is -0.491. The van der Waals surface area contributed by atoms with Gasteiger partial charge in [-0.05, 0) is 137 Å². The summed E-state index contributed by atoms with van der Waals surface area (Å²) >= 11 is 0. The van der Waals surface area contributed by atoms with Gasteiger partial charge in [0.1, 0.15) is 34.3 Å². The minimum Gasteiger partial charge on any atom is -0.443 e. The van der Waals surface area contributed by atoms with Crippen molar-refractivity contribution in [2.75, 3.05) is 5.32 Å². The molecule has 282 valence electrons. The molecule has 1 aromatic carbocycles. The summed E-state index contributed by atoms with van der Waals surface area (Å²) in [6, 6.07) is 5.77. The molecule has 4 bridgehead atoms. The topological polar surface area (TPSA) is 93.7 Å². The zero-order chi connectivity index (χ0) is 35.5. The van der Waals surface area contributed by atoms with Gasteiger partial charge < -0.3 is 14.2 Å². The van der Waals surface area contributed by atoms with Crippen LogP contribution in [0.15, 0.2) is 24.3 Å². The average Bonchev–Trinajstić information content (AvgIpc) is 3.47. The number of ether oxygens (including phenoxy) is 3. The van der Waals surface area contributed by atoms with E-state index in [-0.39, 0.29) is 59.5 Å². The van der Waals surface area contributed by atoms with Crippen LogP contribution in [0.3, 0.4) is 0 Å². The molecule has 6 heterocycles. The SMILES string of the molecule is C[C@H]1[C@@H](C[C@H](OC(=O)Nc2ccc(F)cc2)C2O[C@@H]3C[C@]4(C)CC[C@H]5[C@H](C)CC[C@@H]([C@H]2C)[C@@]35OO4)O[C@@H]2C[C@]3(C)CC[C@H]4[C@H](C)CC[C@@H]1[C@@]24OO3. The van der Waals surface area contributed by atoms with Crippen molar-refractivity contribution in [2.45, 2.75) is 165 Å². The molecule has 9 nitrogen and oxygen atoms in total. The molecule has 6 aliphatic heterocycles. The highest BCUT2D eigenvalue weighted by molar-refractivity contribution is 5.84. The molecule has 4 saturated carbocycles. The van der Waals surface area contributed by atoms with Gasteiger partial charge >= 0.3 is 6.09 Å². The van der Waals surface area contributed by atoms with E-state index in [1.165, 1.54) is 12.1 Å². The van der Waals surface area contributed by atoms with Crippen LogP contribution in [0.4, 0.5) is 14.9 Å². The van der Waals surface area contributed by atoms with Crippen molar-refractivity contribution in [1.29, 1.82) is 0 Å². The van der Waals surface area contributed by atoms with Crippen LogP contribution in [0.2, 0.25) is 0 Å². The number of nitrogens with one attached hydrogen (secondary N) is 1. The third-order valence-electron chi connectivity index (χ3n) is 15.8. The number of halogens is 1. The second-order valence-corrected chi connectivity index (χ2v) is 18.7. The molecule has 6 saturated heterocycles. The lowest BCUT2D eigenvalue weighted by Crippen LogP contribution is -2.71. The van der Waals surface area contributed by atoms with E-state index in [1.807, 2.05) is 0 Å². The summed E-state index contributed by atoms with van der Waals surface area (Å²) in [4.78, 5) is 39.5. The number of hydrogen-bond donors (Lipinski definition) is 1. The molecule has 10 fully saturated rings. The molecule has 0 radical (unpaired) electrons. The lowest BCUT2D eigenvalue weighted by atomic mass is 9.55. The Morgan fingerprint density at radius 1 is 0.765 bits per heavy atom. The molecule has 17 atom stereocenters. The van der Waals surface area contributed by atoms with E-state index >= 15 is 0 Å². The molecule has 51 heavy (non-hydrogen) atoms. The van der Waals surface area contributed by atoms with Crippen LogP contribution < -0.4 is 5.32 Å². The van der Waals surface area contributed by atoms with Gasteiger partial charge in [-0.1, -0.05) is 27.7 Å². The third kappa shape index (κ3) is 5.38. The van der Waals surface area contributed by atoms with E-state index in [0.29, 0.717) is 35.8 Å². The molecule has 2 spiro atoms. The van der Waals surface area contributed by atoms with E-state index in [2.05, 4.69) is 46.9 Å². The van der Waals surface area contributed by atoms with Crippen molar-refractivity contribution in [3.8, 4) is 0 Å². The van der Waals surface area contributed by atoms with Crippen molar-refractivity contribution in [3.05, 3.63) is 30.1 Å². The van der Waals surface area contributed by atoms with E-state index in [1.54, 1.807) is 12.1 Å². The highest BCUT2D eigenvalue weighted by atomic mass is 19.1. The van der Waals surface area contributed by atoms with Gasteiger partial charge in [-0.3, -0.25) is 5.32 Å². The molecule has 1 amide bonds. The summed E-state index contributed by atoms with van der Waals surface area (Å²) < 4.78 is 34.8. The van der Waals surface area contributed by atoms with Crippen LogP contribution in [0, 0.1) is 53.2 Å². The number of hydrogen-bond acceptors (Lipinski definition) is 8. The van der Waals surface area contributed by atoms with Gasteiger partial charge in [0.05, 0.1) is 24.4 Å². The van der Waals surface area contributed by atoms with Crippen molar-refractivity contribution >= 4 is 11.8 Å². The summed E-state index contributed by atoms with van der Waals surface area (Å²) in [5.74, 6) is 2.11. The molecule has 1 unspecified atom stereocenters. The van der Waals surface area contributed by atoms with E-state index < -0.39 is 29.0 Å². The summed E-state index contributed by atoms with van der Waals surface area (Å²) in [5.41, 5.74) is -1.28. The molecule has 10 heteroatoms. The first-order chi connectivity index (χ1) is 24.3. The van der Waals surface area contributed by atoms with Crippen LogP contribution >= 0.6 is 0 Å². The van der Waals surface area contributed by atoms with E-state index in [0.717, 1.165) is 64.2 Å². The average molecular weight is 712 g/mol. The number of carbonyl (C=O) groups excluding carboxylic acids is 1.